The number of piperidine rings is 1. The highest BCUT2D eigenvalue weighted by Gasteiger charge is 2.49. The molecule has 3 rings (SSSR count). The van der Waals surface area contributed by atoms with Crippen molar-refractivity contribution in [1.29, 1.82) is 0 Å². The quantitative estimate of drug-likeness (QED) is 0.865. The number of carboxylic acid groups (broad SMARTS) is 1. The Kier molecular flexibility index (Phi) is 4.86. The first-order chi connectivity index (χ1) is 11.9. The molecule has 7 heteroatoms. The standard InChI is InChI=1S/C18H28N4O3/c1-4-22-14(9-13(20-22)12(2)3)16(23)21-11-18(5-7-19-8-6-18)10-15(21)17(24)25/h9,12,15,19H,4-8,10-11H2,1-3H3,(H,24,25). The topological polar surface area (TPSA) is 87.5 Å². The van der Waals surface area contributed by atoms with Gasteiger partial charge in [-0.25, -0.2) is 4.79 Å². The molecule has 7 nitrogen and oxygen atoms in total. The van der Waals surface area contributed by atoms with Crippen molar-refractivity contribution < 1.29 is 14.7 Å². The number of nitrogens with zero attached hydrogens (tertiary/aromatic N) is 3. The lowest BCUT2D eigenvalue weighted by atomic mass is 9.77. The minimum Gasteiger partial charge on any atom is -0.480 e. The maximum atomic E-state index is 13.2. The molecular formula is C18H28N4O3. The Bertz CT molecular complexity index is 661. The van der Waals surface area contributed by atoms with Gasteiger partial charge in [0.25, 0.3) is 5.91 Å². The van der Waals surface area contributed by atoms with Crippen LogP contribution in [0.25, 0.3) is 0 Å². The van der Waals surface area contributed by atoms with Crippen molar-refractivity contribution in [3.63, 3.8) is 0 Å². The second-order valence-electron chi connectivity index (χ2n) is 7.67. The summed E-state index contributed by atoms with van der Waals surface area (Å²) in [5.41, 5.74) is 1.30. The zero-order valence-electron chi connectivity index (χ0n) is 15.3. The summed E-state index contributed by atoms with van der Waals surface area (Å²) in [7, 11) is 0. The minimum atomic E-state index is -0.907. The fraction of sp³-hybridized carbons (Fsp3) is 0.722. The number of likely N-dealkylation sites (tertiary alicyclic amines) is 1. The van der Waals surface area contributed by atoms with Gasteiger partial charge in [0.2, 0.25) is 0 Å². The molecule has 2 fully saturated rings. The Morgan fingerprint density at radius 3 is 2.64 bits per heavy atom. The predicted octanol–water partition coefficient (Wildman–Crippen LogP) is 1.70. The van der Waals surface area contributed by atoms with Gasteiger partial charge in [-0.3, -0.25) is 9.48 Å². The van der Waals surface area contributed by atoms with Crippen molar-refractivity contribution in [3.8, 4) is 0 Å². The van der Waals surface area contributed by atoms with Crippen LogP contribution in [-0.4, -0.2) is 57.3 Å². The van der Waals surface area contributed by atoms with E-state index in [-0.39, 0.29) is 17.2 Å². The number of carbonyl (C=O) groups is 2. The lowest BCUT2D eigenvalue weighted by Crippen LogP contribution is -2.42. The fourth-order valence-corrected chi connectivity index (χ4v) is 4.09. The number of aliphatic carboxylic acids is 1. The van der Waals surface area contributed by atoms with E-state index in [2.05, 4.69) is 10.4 Å². The first-order valence-corrected chi connectivity index (χ1v) is 9.19. The van der Waals surface area contributed by atoms with Crippen LogP contribution in [0.1, 0.15) is 62.1 Å². The Morgan fingerprint density at radius 2 is 2.08 bits per heavy atom. The molecule has 1 spiro atoms. The van der Waals surface area contributed by atoms with Crippen molar-refractivity contribution in [2.24, 2.45) is 5.41 Å². The number of aryl methyl sites for hydroxylation is 1. The van der Waals surface area contributed by atoms with E-state index in [9.17, 15) is 14.7 Å². The van der Waals surface area contributed by atoms with Crippen LogP contribution in [0.2, 0.25) is 0 Å². The first kappa shape index (κ1) is 17.9. The third-order valence-electron chi connectivity index (χ3n) is 5.63. The first-order valence-electron chi connectivity index (χ1n) is 9.19. The molecule has 1 atom stereocenters. The molecule has 2 aliphatic heterocycles. The largest absolute Gasteiger partial charge is 0.480 e. The van der Waals surface area contributed by atoms with Crippen LogP contribution in [0, 0.1) is 5.41 Å². The van der Waals surface area contributed by atoms with Gasteiger partial charge in [0, 0.05) is 13.1 Å². The van der Waals surface area contributed by atoms with E-state index in [1.165, 1.54) is 0 Å². The van der Waals surface area contributed by atoms with Gasteiger partial charge >= 0.3 is 5.97 Å². The van der Waals surface area contributed by atoms with E-state index in [0.29, 0.717) is 25.2 Å². The molecule has 1 aromatic rings. The number of rotatable bonds is 4. The lowest BCUT2D eigenvalue weighted by Gasteiger charge is -2.33. The Morgan fingerprint density at radius 1 is 1.40 bits per heavy atom. The van der Waals surface area contributed by atoms with E-state index in [4.69, 9.17) is 0 Å². The molecule has 138 valence electrons. The third kappa shape index (κ3) is 3.29. The van der Waals surface area contributed by atoms with Gasteiger partial charge in [-0.2, -0.15) is 5.10 Å². The number of hydrogen-bond acceptors (Lipinski definition) is 4. The molecular weight excluding hydrogens is 320 g/mol. The summed E-state index contributed by atoms with van der Waals surface area (Å²) in [6.45, 7) is 8.91. The van der Waals surface area contributed by atoms with Crippen molar-refractivity contribution in [1.82, 2.24) is 20.0 Å². The second kappa shape index (κ2) is 6.78. The highest BCUT2D eigenvalue weighted by molar-refractivity contribution is 5.96. The molecule has 1 unspecified atom stereocenters. The smallest absolute Gasteiger partial charge is 0.326 e. The van der Waals surface area contributed by atoms with Crippen LogP contribution in [0.3, 0.4) is 0 Å². The lowest BCUT2D eigenvalue weighted by molar-refractivity contribution is -0.141. The van der Waals surface area contributed by atoms with Crippen LogP contribution < -0.4 is 5.32 Å². The minimum absolute atomic E-state index is 0.0675. The maximum absolute atomic E-state index is 13.2. The van der Waals surface area contributed by atoms with Gasteiger partial charge in [0.15, 0.2) is 0 Å². The molecule has 0 radical (unpaired) electrons. The normalized spacial score (nSPS) is 22.7. The summed E-state index contributed by atoms with van der Waals surface area (Å²) in [5.74, 6) is -0.886. The molecule has 2 aliphatic rings. The Balaban J connectivity index is 1.90. The molecule has 0 aliphatic carbocycles. The summed E-state index contributed by atoms with van der Waals surface area (Å²) in [6.07, 6.45) is 2.39. The van der Waals surface area contributed by atoms with Gasteiger partial charge in [0.05, 0.1) is 5.69 Å². The highest BCUT2D eigenvalue weighted by Crippen LogP contribution is 2.42. The number of hydrogen-bond donors (Lipinski definition) is 2. The van der Waals surface area contributed by atoms with Crippen molar-refractivity contribution >= 4 is 11.9 Å². The summed E-state index contributed by atoms with van der Waals surface area (Å²) in [6, 6.07) is 1.08. The van der Waals surface area contributed by atoms with Crippen LogP contribution >= 0.6 is 0 Å². The summed E-state index contributed by atoms with van der Waals surface area (Å²) >= 11 is 0. The summed E-state index contributed by atoms with van der Waals surface area (Å²) in [4.78, 5) is 26.6. The number of aromatic nitrogens is 2. The number of carbonyl (C=O) groups excluding carboxylic acids is 1. The van der Waals surface area contributed by atoms with E-state index in [1.807, 2.05) is 26.8 Å². The van der Waals surface area contributed by atoms with E-state index in [1.54, 1.807) is 9.58 Å². The van der Waals surface area contributed by atoms with Crippen molar-refractivity contribution in [2.45, 2.75) is 58.5 Å². The number of nitrogens with one attached hydrogen (secondary N) is 1. The zero-order valence-corrected chi connectivity index (χ0v) is 15.3. The molecule has 1 amide bonds. The zero-order chi connectivity index (χ0) is 18.2. The fourth-order valence-electron chi connectivity index (χ4n) is 4.09. The maximum Gasteiger partial charge on any atom is 0.326 e. The Labute approximate surface area is 148 Å². The average Bonchev–Trinajstić information content (AvgIpc) is 3.17. The second-order valence-corrected chi connectivity index (χ2v) is 7.67. The van der Waals surface area contributed by atoms with Gasteiger partial charge < -0.3 is 15.3 Å². The SMILES string of the molecule is CCn1nc(C(C)C)cc1C(=O)N1CC2(CCNCC2)CC1C(=O)O. The Hall–Kier alpha value is -1.89. The van der Waals surface area contributed by atoms with Crippen LogP contribution in [0.5, 0.6) is 0 Å². The van der Waals surface area contributed by atoms with Crippen molar-refractivity contribution in [3.05, 3.63) is 17.5 Å². The molecule has 1 aromatic heterocycles. The molecule has 3 heterocycles. The molecule has 0 aromatic carbocycles. The van der Waals surface area contributed by atoms with Crippen LogP contribution in [0.15, 0.2) is 6.07 Å². The molecule has 2 saturated heterocycles. The molecule has 2 N–H and O–H groups in total. The highest BCUT2D eigenvalue weighted by atomic mass is 16.4. The van der Waals surface area contributed by atoms with Crippen molar-refractivity contribution in [2.75, 3.05) is 19.6 Å². The van der Waals surface area contributed by atoms with E-state index in [0.717, 1.165) is 31.6 Å². The van der Waals surface area contributed by atoms with E-state index < -0.39 is 12.0 Å². The number of amides is 1. The average molecular weight is 348 g/mol. The summed E-state index contributed by atoms with van der Waals surface area (Å²) < 4.78 is 1.70. The monoisotopic (exact) mass is 348 g/mol. The molecule has 0 bridgehead atoms. The van der Waals surface area contributed by atoms with Gasteiger partial charge in [-0.05, 0) is 56.7 Å². The van der Waals surface area contributed by atoms with Crippen LogP contribution in [-0.2, 0) is 11.3 Å². The van der Waals surface area contributed by atoms with E-state index >= 15 is 0 Å². The van der Waals surface area contributed by atoms with Crippen LogP contribution in [0.4, 0.5) is 0 Å². The van der Waals surface area contributed by atoms with Gasteiger partial charge in [-0.15, -0.1) is 0 Å². The summed E-state index contributed by atoms with van der Waals surface area (Å²) in [5, 5.41) is 17.5. The molecule has 0 saturated carbocycles. The van der Waals surface area contributed by atoms with Gasteiger partial charge in [-0.1, -0.05) is 13.8 Å². The van der Waals surface area contributed by atoms with Gasteiger partial charge in [0.1, 0.15) is 11.7 Å². The number of carboxylic acids is 1. The third-order valence-corrected chi connectivity index (χ3v) is 5.63. The molecule has 25 heavy (non-hydrogen) atoms. The predicted molar refractivity (Wildman–Crippen MR) is 93.6 cm³/mol.